The topological polar surface area (TPSA) is 82.1 Å². The molecule has 0 saturated heterocycles. The summed E-state index contributed by atoms with van der Waals surface area (Å²) < 4.78 is 15.8. The molecule has 0 saturated carbocycles. The lowest BCUT2D eigenvalue weighted by Gasteiger charge is -2.14. The van der Waals surface area contributed by atoms with E-state index >= 15 is 0 Å². The summed E-state index contributed by atoms with van der Waals surface area (Å²) in [5.74, 6) is -0.141. The summed E-state index contributed by atoms with van der Waals surface area (Å²) in [4.78, 5) is 37.1. The number of amides is 2. The van der Waals surface area contributed by atoms with E-state index in [4.69, 9.17) is 14.2 Å². The molecule has 2 aromatic rings. The number of rotatable bonds is 8. The van der Waals surface area contributed by atoms with Crippen molar-refractivity contribution in [3.05, 3.63) is 59.7 Å². The molecule has 0 aliphatic carbocycles. The Morgan fingerprint density at radius 2 is 1.44 bits per heavy atom. The van der Waals surface area contributed by atoms with E-state index in [1.807, 2.05) is 6.92 Å². The Balaban J connectivity index is 1.43. The van der Waals surface area contributed by atoms with Crippen LogP contribution in [0, 0.1) is 0 Å². The highest BCUT2D eigenvalue weighted by atomic mass is 16.5. The minimum Gasteiger partial charge on any atom is -0.494 e. The Morgan fingerprint density at radius 3 is 2.00 bits per heavy atom. The standard InChI is InChI=1S/C20H19NO6/c1-2-25-14-7-9-15(10-8-14)26-12-11-18(22)27-13-21-19(23)16-5-3-4-6-17(16)20(21)24/h3-10H,2,11-13H2,1H3. The van der Waals surface area contributed by atoms with Gasteiger partial charge in [0.25, 0.3) is 11.8 Å². The van der Waals surface area contributed by atoms with Crippen LogP contribution in [0.15, 0.2) is 48.5 Å². The molecule has 2 aromatic carbocycles. The number of ether oxygens (including phenoxy) is 3. The predicted octanol–water partition coefficient (Wildman–Crippen LogP) is 2.65. The average Bonchev–Trinajstić information content (AvgIpc) is 2.92. The number of esters is 1. The molecule has 0 N–H and O–H groups in total. The van der Waals surface area contributed by atoms with E-state index in [0.29, 0.717) is 23.5 Å². The van der Waals surface area contributed by atoms with Gasteiger partial charge in [0.15, 0.2) is 6.73 Å². The number of carbonyl (C=O) groups excluding carboxylic acids is 3. The van der Waals surface area contributed by atoms with Crippen molar-refractivity contribution in [3.63, 3.8) is 0 Å². The molecule has 7 nitrogen and oxygen atoms in total. The lowest BCUT2D eigenvalue weighted by molar-refractivity contribution is -0.146. The van der Waals surface area contributed by atoms with Gasteiger partial charge in [-0.1, -0.05) is 12.1 Å². The van der Waals surface area contributed by atoms with Gasteiger partial charge in [-0.2, -0.15) is 0 Å². The molecular weight excluding hydrogens is 350 g/mol. The van der Waals surface area contributed by atoms with Crippen molar-refractivity contribution in [3.8, 4) is 11.5 Å². The van der Waals surface area contributed by atoms with Gasteiger partial charge in [0.1, 0.15) is 11.5 Å². The summed E-state index contributed by atoms with van der Waals surface area (Å²) in [6.07, 6.45) is -0.00359. The fourth-order valence-corrected chi connectivity index (χ4v) is 2.62. The molecule has 1 heterocycles. The number of imide groups is 1. The highest BCUT2D eigenvalue weighted by molar-refractivity contribution is 6.21. The maximum atomic E-state index is 12.2. The molecule has 0 aromatic heterocycles. The highest BCUT2D eigenvalue weighted by Crippen LogP contribution is 2.22. The van der Waals surface area contributed by atoms with E-state index in [2.05, 4.69) is 0 Å². The van der Waals surface area contributed by atoms with Gasteiger partial charge in [0.05, 0.1) is 30.8 Å². The summed E-state index contributed by atoms with van der Waals surface area (Å²) in [5.41, 5.74) is 0.634. The minimum absolute atomic E-state index is 0.00359. The highest BCUT2D eigenvalue weighted by Gasteiger charge is 2.35. The Labute approximate surface area is 156 Å². The van der Waals surface area contributed by atoms with Crippen LogP contribution < -0.4 is 9.47 Å². The van der Waals surface area contributed by atoms with Crippen molar-refractivity contribution in [2.75, 3.05) is 19.9 Å². The first-order valence-corrected chi connectivity index (χ1v) is 8.56. The summed E-state index contributed by atoms with van der Waals surface area (Å²) in [7, 11) is 0. The zero-order valence-corrected chi connectivity index (χ0v) is 14.8. The molecule has 1 aliphatic heterocycles. The van der Waals surface area contributed by atoms with Crippen LogP contribution in [-0.4, -0.2) is 42.6 Å². The monoisotopic (exact) mass is 369 g/mol. The molecule has 3 rings (SSSR count). The van der Waals surface area contributed by atoms with Crippen molar-refractivity contribution in [1.29, 1.82) is 0 Å². The first-order valence-electron chi connectivity index (χ1n) is 8.56. The number of hydrogen-bond acceptors (Lipinski definition) is 6. The molecule has 0 spiro atoms. The van der Waals surface area contributed by atoms with Gasteiger partial charge in [-0.25, -0.2) is 4.90 Å². The number of nitrogens with zero attached hydrogens (tertiary/aromatic N) is 1. The average molecular weight is 369 g/mol. The third-order valence-corrected chi connectivity index (χ3v) is 3.94. The molecule has 0 fully saturated rings. The third kappa shape index (κ3) is 4.25. The van der Waals surface area contributed by atoms with E-state index in [1.165, 1.54) is 0 Å². The molecule has 7 heteroatoms. The second-order valence-corrected chi connectivity index (χ2v) is 5.73. The first kappa shape index (κ1) is 18.4. The lowest BCUT2D eigenvalue weighted by Crippen LogP contribution is -2.33. The van der Waals surface area contributed by atoms with E-state index < -0.39 is 24.5 Å². The van der Waals surface area contributed by atoms with Crippen molar-refractivity contribution in [2.45, 2.75) is 13.3 Å². The van der Waals surface area contributed by atoms with Crippen molar-refractivity contribution in [2.24, 2.45) is 0 Å². The summed E-state index contributed by atoms with van der Waals surface area (Å²) in [6, 6.07) is 13.5. The molecule has 0 bridgehead atoms. The number of fused-ring (bicyclic) bond motifs is 1. The maximum Gasteiger partial charge on any atom is 0.310 e. The molecule has 0 radical (unpaired) electrons. The summed E-state index contributed by atoms with van der Waals surface area (Å²) in [5, 5.41) is 0. The SMILES string of the molecule is CCOc1ccc(OCCC(=O)OCN2C(=O)c3ccccc3C2=O)cc1. The second-order valence-electron chi connectivity index (χ2n) is 5.73. The summed E-state index contributed by atoms with van der Waals surface area (Å²) >= 11 is 0. The van der Waals surface area contributed by atoms with Gasteiger partial charge in [-0.3, -0.25) is 14.4 Å². The van der Waals surface area contributed by atoms with Crippen molar-refractivity contribution >= 4 is 17.8 Å². The van der Waals surface area contributed by atoms with Crippen LogP contribution in [0.4, 0.5) is 0 Å². The summed E-state index contributed by atoms with van der Waals surface area (Å²) in [6.45, 7) is 2.19. The van der Waals surface area contributed by atoms with Crippen LogP contribution in [0.2, 0.25) is 0 Å². The number of carbonyl (C=O) groups is 3. The Morgan fingerprint density at radius 1 is 0.889 bits per heavy atom. The fraction of sp³-hybridized carbons (Fsp3) is 0.250. The van der Waals surface area contributed by atoms with E-state index in [-0.39, 0.29) is 13.0 Å². The van der Waals surface area contributed by atoms with E-state index in [0.717, 1.165) is 10.6 Å². The molecule has 0 unspecified atom stereocenters. The predicted molar refractivity (Wildman–Crippen MR) is 95.6 cm³/mol. The number of hydrogen-bond donors (Lipinski definition) is 0. The first-order chi connectivity index (χ1) is 13.1. The number of benzene rings is 2. The molecule has 1 aliphatic rings. The van der Waals surface area contributed by atoms with Crippen LogP contribution >= 0.6 is 0 Å². The van der Waals surface area contributed by atoms with Gasteiger partial charge >= 0.3 is 5.97 Å². The van der Waals surface area contributed by atoms with Gasteiger partial charge in [0.2, 0.25) is 0 Å². The lowest BCUT2D eigenvalue weighted by atomic mass is 10.1. The largest absolute Gasteiger partial charge is 0.494 e. The van der Waals surface area contributed by atoms with Gasteiger partial charge in [0, 0.05) is 0 Å². The zero-order valence-electron chi connectivity index (χ0n) is 14.8. The quantitative estimate of drug-likeness (QED) is 0.526. The van der Waals surface area contributed by atoms with Gasteiger partial charge in [-0.05, 0) is 43.3 Å². The van der Waals surface area contributed by atoms with Crippen LogP contribution in [0.1, 0.15) is 34.1 Å². The molecule has 140 valence electrons. The van der Waals surface area contributed by atoms with Crippen LogP contribution in [0.25, 0.3) is 0 Å². The molecule has 0 atom stereocenters. The van der Waals surface area contributed by atoms with Crippen molar-refractivity contribution < 1.29 is 28.6 Å². The minimum atomic E-state index is -0.558. The van der Waals surface area contributed by atoms with Crippen LogP contribution in [0.3, 0.4) is 0 Å². The smallest absolute Gasteiger partial charge is 0.310 e. The molecule has 27 heavy (non-hydrogen) atoms. The van der Waals surface area contributed by atoms with E-state index in [1.54, 1.807) is 48.5 Å². The Bertz CT molecular complexity index is 811. The maximum absolute atomic E-state index is 12.2. The van der Waals surface area contributed by atoms with Gasteiger partial charge < -0.3 is 14.2 Å². The van der Waals surface area contributed by atoms with Gasteiger partial charge in [-0.15, -0.1) is 0 Å². The van der Waals surface area contributed by atoms with E-state index in [9.17, 15) is 14.4 Å². The Kier molecular flexibility index (Phi) is 5.71. The second kappa shape index (κ2) is 8.35. The normalized spacial score (nSPS) is 12.7. The fourth-order valence-electron chi connectivity index (χ4n) is 2.62. The van der Waals surface area contributed by atoms with Crippen LogP contribution in [-0.2, 0) is 9.53 Å². The molecular formula is C20H19NO6. The third-order valence-electron chi connectivity index (χ3n) is 3.94. The van der Waals surface area contributed by atoms with Crippen LogP contribution in [0.5, 0.6) is 11.5 Å². The zero-order chi connectivity index (χ0) is 19.2. The van der Waals surface area contributed by atoms with Crippen molar-refractivity contribution in [1.82, 2.24) is 4.90 Å². The molecule has 2 amide bonds. The Hall–Kier alpha value is -3.35.